The number of hydrogen-bond donors (Lipinski definition) is 2. The monoisotopic (exact) mass is 227 g/mol. The Balaban J connectivity index is 2.51. The highest BCUT2D eigenvalue weighted by atomic mass is 16.3. The summed E-state index contributed by atoms with van der Waals surface area (Å²) in [5.41, 5.74) is 0.126. The van der Waals surface area contributed by atoms with Crippen molar-refractivity contribution in [2.45, 2.75) is 58.9 Å². The SMILES string of the molecule is CC(CCO)NC(=O)C1CCCCC1(C)C. The molecule has 0 spiro atoms. The van der Waals surface area contributed by atoms with Crippen LogP contribution >= 0.6 is 0 Å². The molecule has 1 aliphatic carbocycles. The maximum atomic E-state index is 12.1. The van der Waals surface area contributed by atoms with E-state index in [1.165, 1.54) is 6.42 Å². The molecule has 16 heavy (non-hydrogen) atoms. The number of rotatable bonds is 4. The predicted octanol–water partition coefficient (Wildman–Crippen LogP) is 2.09. The minimum atomic E-state index is 0.0789. The Kier molecular flexibility index (Phi) is 4.78. The first-order chi connectivity index (χ1) is 7.47. The smallest absolute Gasteiger partial charge is 0.223 e. The van der Waals surface area contributed by atoms with Crippen molar-refractivity contribution in [3.05, 3.63) is 0 Å². The number of hydrogen-bond acceptors (Lipinski definition) is 2. The van der Waals surface area contributed by atoms with Crippen molar-refractivity contribution in [1.82, 2.24) is 5.32 Å². The summed E-state index contributed by atoms with van der Waals surface area (Å²) >= 11 is 0. The van der Waals surface area contributed by atoms with E-state index in [4.69, 9.17) is 5.11 Å². The van der Waals surface area contributed by atoms with Crippen molar-refractivity contribution in [2.75, 3.05) is 6.61 Å². The van der Waals surface area contributed by atoms with Crippen molar-refractivity contribution in [3.63, 3.8) is 0 Å². The van der Waals surface area contributed by atoms with E-state index in [0.29, 0.717) is 6.42 Å². The fourth-order valence-electron chi connectivity index (χ4n) is 2.59. The van der Waals surface area contributed by atoms with Crippen molar-refractivity contribution < 1.29 is 9.90 Å². The van der Waals surface area contributed by atoms with Crippen LogP contribution in [0.5, 0.6) is 0 Å². The van der Waals surface area contributed by atoms with Crippen LogP contribution in [-0.4, -0.2) is 23.7 Å². The number of carbonyl (C=O) groups excluding carboxylic acids is 1. The van der Waals surface area contributed by atoms with Gasteiger partial charge in [-0.2, -0.15) is 0 Å². The second-order valence-electron chi connectivity index (χ2n) is 5.71. The van der Waals surface area contributed by atoms with Gasteiger partial charge in [-0.15, -0.1) is 0 Å². The highest BCUT2D eigenvalue weighted by Gasteiger charge is 2.37. The highest BCUT2D eigenvalue weighted by Crippen LogP contribution is 2.40. The van der Waals surface area contributed by atoms with Crippen LogP contribution in [-0.2, 0) is 4.79 Å². The summed E-state index contributed by atoms with van der Waals surface area (Å²) in [4.78, 5) is 12.1. The van der Waals surface area contributed by atoms with E-state index >= 15 is 0 Å². The van der Waals surface area contributed by atoms with Crippen LogP contribution in [0.1, 0.15) is 52.9 Å². The van der Waals surface area contributed by atoms with Crippen LogP contribution in [0.2, 0.25) is 0 Å². The molecule has 2 atom stereocenters. The molecule has 0 aliphatic heterocycles. The van der Waals surface area contributed by atoms with Crippen LogP contribution in [0, 0.1) is 11.3 Å². The van der Waals surface area contributed by atoms with E-state index in [0.717, 1.165) is 19.3 Å². The van der Waals surface area contributed by atoms with Gasteiger partial charge in [-0.05, 0) is 31.6 Å². The number of nitrogens with one attached hydrogen (secondary N) is 1. The van der Waals surface area contributed by atoms with Gasteiger partial charge < -0.3 is 10.4 Å². The molecule has 1 rings (SSSR count). The zero-order chi connectivity index (χ0) is 12.2. The number of amides is 1. The Labute approximate surface area is 98.6 Å². The van der Waals surface area contributed by atoms with Gasteiger partial charge in [-0.25, -0.2) is 0 Å². The fraction of sp³-hybridized carbons (Fsp3) is 0.923. The molecule has 1 amide bonds. The molecule has 3 nitrogen and oxygen atoms in total. The lowest BCUT2D eigenvalue weighted by Crippen LogP contribution is -2.44. The maximum absolute atomic E-state index is 12.1. The summed E-state index contributed by atoms with van der Waals surface area (Å²) in [5.74, 6) is 0.313. The lowest BCUT2D eigenvalue weighted by molar-refractivity contribution is -0.130. The average Bonchev–Trinajstić information content (AvgIpc) is 2.16. The van der Waals surface area contributed by atoms with Gasteiger partial charge >= 0.3 is 0 Å². The zero-order valence-corrected chi connectivity index (χ0v) is 10.8. The van der Waals surface area contributed by atoms with E-state index in [2.05, 4.69) is 19.2 Å². The fourth-order valence-corrected chi connectivity index (χ4v) is 2.59. The third-order valence-corrected chi connectivity index (χ3v) is 3.77. The van der Waals surface area contributed by atoms with Gasteiger partial charge in [-0.3, -0.25) is 4.79 Å². The first kappa shape index (κ1) is 13.5. The van der Waals surface area contributed by atoms with Gasteiger partial charge in [0.1, 0.15) is 0 Å². The van der Waals surface area contributed by atoms with Crippen LogP contribution in [0.3, 0.4) is 0 Å². The molecule has 0 saturated heterocycles. The summed E-state index contributed by atoms with van der Waals surface area (Å²) in [6.07, 6.45) is 5.18. The van der Waals surface area contributed by atoms with Gasteiger partial charge in [0.15, 0.2) is 0 Å². The molecule has 3 heteroatoms. The molecular formula is C13H25NO2. The molecule has 1 saturated carbocycles. The van der Waals surface area contributed by atoms with E-state index in [-0.39, 0.29) is 29.9 Å². The molecular weight excluding hydrogens is 202 g/mol. The van der Waals surface area contributed by atoms with Crippen molar-refractivity contribution in [2.24, 2.45) is 11.3 Å². The molecule has 0 bridgehead atoms. The Hall–Kier alpha value is -0.570. The Morgan fingerprint density at radius 1 is 1.50 bits per heavy atom. The normalized spacial score (nSPS) is 26.1. The average molecular weight is 227 g/mol. The summed E-state index contributed by atoms with van der Waals surface area (Å²) in [7, 11) is 0. The lowest BCUT2D eigenvalue weighted by atomic mass is 9.68. The third-order valence-electron chi connectivity index (χ3n) is 3.77. The highest BCUT2D eigenvalue weighted by molar-refractivity contribution is 5.79. The van der Waals surface area contributed by atoms with Gasteiger partial charge in [0.2, 0.25) is 5.91 Å². The van der Waals surface area contributed by atoms with Gasteiger partial charge in [-0.1, -0.05) is 26.7 Å². The number of carbonyl (C=O) groups is 1. The Morgan fingerprint density at radius 3 is 2.75 bits per heavy atom. The molecule has 2 N–H and O–H groups in total. The van der Waals surface area contributed by atoms with Gasteiger partial charge in [0.25, 0.3) is 0 Å². The molecule has 1 fully saturated rings. The number of aliphatic hydroxyl groups excluding tert-OH is 1. The van der Waals surface area contributed by atoms with Crippen molar-refractivity contribution in [3.8, 4) is 0 Å². The summed E-state index contributed by atoms with van der Waals surface area (Å²) in [5, 5.41) is 11.8. The standard InChI is InChI=1S/C13H25NO2/c1-10(7-9-15)14-12(16)11-6-4-5-8-13(11,2)3/h10-11,15H,4-9H2,1-3H3,(H,14,16). The lowest BCUT2D eigenvalue weighted by Gasteiger charge is -2.38. The quantitative estimate of drug-likeness (QED) is 0.772. The summed E-state index contributed by atoms with van der Waals surface area (Å²) in [6.45, 7) is 6.46. The third kappa shape index (κ3) is 3.48. The molecule has 94 valence electrons. The zero-order valence-electron chi connectivity index (χ0n) is 10.8. The summed E-state index contributed by atoms with van der Waals surface area (Å²) < 4.78 is 0. The molecule has 0 aromatic heterocycles. The largest absolute Gasteiger partial charge is 0.396 e. The Morgan fingerprint density at radius 2 is 2.19 bits per heavy atom. The van der Waals surface area contributed by atoms with E-state index in [1.54, 1.807) is 0 Å². The van der Waals surface area contributed by atoms with Crippen LogP contribution in [0.25, 0.3) is 0 Å². The Bertz CT molecular complexity index is 238. The van der Waals surface area contributed by atoms with Gasteiger partial charge in [0, 0.05) is 18.6 Å². The topological polar surface area (TPSA) is 49.3 Å². The van der Waals surface area contributed by atoms with Crippen LogP contribution in [0.15, 0.2) is 0 Å². The van der Waals surface area contributed by atoms with Crippen LogP contribution in [0.4, 0.5) is 0 Å². The minimum absolute atomic E-state index is 0.0789. The maximum Gasteiger partial charge on any atom is 0.223 e. The van der Waals surface area contributed by atoms with E-state index < -0.39 is 0 Å². The van der Waals surface area contributed by atoms with E-state index in [1.807, 2.05) is 6.92 Å². The van der Waals surface area contributed by atoms with Crippen molar-refractivity contribution in [1.29, 1.82) is 0 Å². The predicted molar refractivity (Wildman–Crippen MR) is 65.0 cm³/mol. The molecule has 1 aliphatic rings. The van der Waals surface area contributed by atoms with E-state index in [9.17, 15) is 4.79 Å². The first-order valence-electron chi connectivity index (χ1n) is 6.38. The van der Waals surface area contributed by atoms with Gasteiger partial charge in [0.05, 0.1) is 0 Å². The molecule has 2 unspecified atom stereocenters. The number of aliphatic hydroxyl groups is 1. The summed E-state index contributed by atoms with van der Waals surface area (Å²) in [6, 6.07) is 0.0789. The molecule has 0 radical (unpaired) electrons. The molecule has 0 heterocycles. The minimum Gasteiger partial charge on any atom is -0.396 e. The molecule has 0 aromatic carbocycles. The second-order valence-corrected chi connectivity index (χ2v) is 5.71. The first-order valence-corrected chi connectivity index (χ1v) is 6.38. The molecule has 0 aromatic rings. The second kappa shape index (κ2) is 5.67. The van der Waals surface area contributed by atoms with Crippen molar-refractivity contribution >= 4 is 5.91 Å². The van der Waals surface area contributed by atoms with Crippen LogP contribution < -0.4 is 5.32 Å².